The number of hydrogen-bond donors (Lipinski definition) is 2. The van der Waals surface area contributed by atoms with Gasteiger partial charge in [-0.05, 0) is 6.42 Å². The van der Waals surface area contributed by atoms with Gasteiger partial charge in [0.05, 0.1) is 19.8 Å². The highest BCUT2D eigenvalue weighted by molar-refractivity contribution is 6.60. The second-order valence-corrected chi connectivity index (χ2v) is 7.81. The van der Waals surface area contributed by atoms with Gasteiger partial charge in [-0.25, -0.2) is 9.78 Å². The van der Waals surface area contributed by atoms with Gasteiger partial charge in [-0.1, -0.05) is 0 Å². The fourth-order valence-electron chi connectivity index (χ4n) is 1.75. The van der Waals surface area contributed by atoms with E-state index in [0.29, 0.717) is 19.1 Å². The Morgan fingerprint density at radius 3 is 2.32 bits per heavy atom. The predicted octanol–water partition coefficient (Wildman–Crippen LogP) is -0.702. The summed E-state index contributed by atoms with van der Waals surface area (Å²) in [6.45, 7) is 0.280. The zero-order valence-corrected chi connectivity index (χ0v) is 14.2. The Hall–Kier alpha value is -0.143. The van der Waals surface area contributed by atoms with Crippen molar-refractivity contribution < 1.29 is 42.7 Å². The van der Waals surface area contributed by atoms with E-state index in [1.54, 1.807) is 21.3 Å². The third kappa shape index (κ3) is 6.96. The van der Waals surface area contributed by atoms with Gasteiger partial charge < -0.3 is 33.0 Å². The fourth-order valence-corrected chi connectivity index (χ4v) is 3.44. The molecule has 1 rings (SSSR count). The van der Waals surface area contributed by atoms with Crippen LogP contribution in [0.4, 0.5) is 0 Å². The summed E-state index contributed by atoms with van der Waals surface area (Å²) in [6, 6.07) is 0.604. The Balaban J connectivity index is 1.96. The van der Waals surface area contributed by atoms with Crippen molar-refractivity contribution in [1.82, 2.24) is 0 Å². The van der Waals surface area contributed by atoms with Crippen LogP contribution in [0, 0.1) is 0 Å². The maximum absolute atomic E-state index is 9.58. The van der Waals surface area contributed by atoms with E-state index in [2.05, 4.69) is 0 Å². The van der Waals surface area contributed by atoms with Crippen LogP contribution in [0.25, 0.3) is 0 Å². The van der Waals surface area contributed by atoms with E-state index in [-0.39, 0.29) is 25.9 Å². The quantitative estimate of drug-likeness (QED) is 0.139. The summed E-state index contributed by atoms with van der Waals surface area (Å²) in [4.78, 5) is 9.86. The minimum atomic E-state index is -2.57. The summed E-state index contributed by atoms with van der Waals surface area (Å²) in [5.74, 6) is 0. The highest BCUT2D eigenvalue weighted by Crippen LogP contribution is 2.22. The van der Waals surface area contributed by atoms with Gasteiger partial charge in [0, 0.05) is 27.4 Å². The molecule has 0 spiro atoms. The Kier molecular flexibility index (Phi) is 9.59. The molecule has 9 nitrogen and oxygen atoms in total. The second-order valence-electron chi connectivity index (χ2n) is 4.72. The van der Waals surface area contributed by atoms with Gasteiger partial charge in [0.15, 0.2) is 6.29 Å². The van der Waals surface area contributed by atoms with Crippen molar-refractivity contribution in [3.63, 3.8) is 0 Å². The van der Waals surface area contributed by atoms with Crippen molar-refractivity contribution in [3.8, 4) is 0 Å². The van der Waals surface area contributed by atoms with Crippen molar-refractivity contribution in [2.24, 2.45) is 0 Å². The number of aliphatic hydroxyl groups is 2. The molecule has 0 bridgehead atoms. The lowest BCUT2D eigenvalue weighted by atomic mass is 10.4. The van der Waals surface area contributed by atoms with Crippen molar-refractivity contribution in [2.75, 3.05) is 47.8 Å². The highest BCUT2D eigenvalue weighted by Gasteiger charge is 2.39. The molecule has 0 aromatic carbocycles. The summed E-state index contributed by atoms with van der Waals surface area (Å²) in [5.41, 5.74) is 0. The maximum Gasteiger partial charge on any atom is 0.500 e. The standard InChI is InChI=1S/C12H26O9Si/c1-15-22(16-2,17-3)6-4-5-19-20-9-10(14)8-18-12-11(7-13)21-12/h10-14H,4-9H2,1-3H3. The lowest BCUT2D eigenvalue weighted by molar-refractivity contribution is -0.307. The molecule has 3 atom stereocenters. The third-order valence-corrected chi connectivity index (χ3v) is 5.99. The molecule has 0 aromatic heterocycles. The average Bonchev–Trinajstić information content (AvgIpc) is 3.32. The number of epoxide rings is 1. The molecule has 3 unspecified atom stereocenters. The number of aliphatic hydroxyl groups excluding tert-OH is 2. The number of hydrogen-bond acceptors (Lipinski definition) is 9. The zero-order chi connectivity index (χ0) is 16.4. The molecule has 10 heteroatoms. The van der Waals surface area contributed by atoms with E-state index >= 15 is 0 Å². The van der Waals surface area contributed by atoms with Crippen LogP contribution in [0.15, 0.2) is 0 Å². The molecule has 2 N–H and O–H groups in total. The number of ether oxygens (including phenoxy) is 2. The molecule has 22 heavy (non-hydrogen) atoms. The topological polar surface area (TPSA) is 108 Å². The van der Waals surface area contributed by atoms with Gasteiger partial charge in [-0.3, -0.25) is 0 Å². The van der Waals surface area contributed by atoms with Gasteiger partial charge in [0.25, 0.3) is 0 Å². The fraction of sp³-hybridized carbons (Fsp3) is 1.00. The molecule has 0 saturated carbocycles. The first-order valence-electron chi connectivity index (χ1n) is 7.06. The van der Waals surface area contributed by atoms with Gasteiger partial charge in [-0.2, -0.15) is 0 Å². The van der Waals surface area contributed by atoms with Crippen LogP contribution in [-0.2, 0) is 32.5 Å². The molecule has 0 aliphatic carbocycles. The van der Waals surface area contributed by atoms with Gasteiger partial charge >= 0.3 is 8.80 Å². The smallest absolute Gasteiger partial charge is 0.393 e. The minimum Gasteiger partial charge on any atom is -0.393 e. The van der Waals surface area contributed by atoms with E-state index in [0.717, 1.165) is 0 Å². The van der Waals surface area contributed by atoms with Gasteiger partial charge in [-0.15, -0.1) is 0 Å². The van der Waals surface area contributed by atoms with Crippen LogP contribution in [0.2, 0.25) is 6.04 Å². The van der Waals surface area contributed by atoms with E-state index in [4.69, 9.17) is 37.6 Å². The maximum atomic E-state index is 9.58. The van der Waals surface area contributed by atoms with Crippen LogP contribution in [0.5, 0.6) is 0 Å². The van der Waals surface area contributed by atoms with Crippen molar-refractivity contribution >= 4 is 8.80 Å². The molecule has 1 heterocycles. The first-order valence-corrected chi connectivity index (χ1v) is 8.99. The molecular formula is C12H26O9Si. The summed E-state index contributed by atoms with van der Waals surface area (Å²) in [7, 11) is 2.09. The first-order chi connectivity index (χ1) is 10.6. The summed E-state index contributed by atoms with van der Waals surface area (Å²) in [6.07, 6.45) is -0.900. The lowest BCUT2D eigenvalue weighted by Gasteiger charge is -2.24. The molecule has 132 valence electrons. The Morgan fingerprint density at radius 2 is 1.77 bits per heavy atom. The molecular weight excluding hydrogens is 316 g/mol. The Labute approximate surface area is 131 Å². The largest absolute Gasteiger partial charge is 0.500 e. The van der Waals surface area contributed by atoms with Crippen LogP contribution in [0.1, 0.15) is 6.42 Å². The summed E-state index contributed by atoms with van der Waals surface area (Å²) in [5, 5.41) is 18.3. The van der Waals surface area contributed by atoms with Gasteiger partial charge in [0.1, 0.15) is 18.8 Å². The molecule has 0 amide bonds. The molecule has 0 radical (unpaired) electrons. The second kappa shape index (κ2) is 10.6. The molecule has 1 aliphatic rings. The molecule has 1 fully saturated rings. The van der Waals surface area contributed by atoms with Crippen LogP contribution in [0.3, 0.4) is 0 Å². The van der Waals surface area contributed by atoms with E-state index in [1.165, 1.54) is 0 Å². The highest BCUT2D eigenvalue weighted by atomic mass is 28.4. The Bertz CT molecular complexity index is 282. The third-order valence-electron chi connectivity index (χ3n) is 3.16. The summed E-state index contributed by atoms with van der Waals surface area (Å²) >= 11 is 0. The minimum absolute atomic E-state index is 0.0160. The Morgan fingerprint density at radius 1 is 1.09 bits per heavy atom. The molecule has 1 aliphatic heterocycles. The van der Waals surface area contributed by atoms with Crippen LogP contribution in [-0.4, -0.2) is 85.3 Å². The molecule has 0 aromatic rings. The van der Waals surface area contributed by atoms with Crippen LogP contribution >= 0.6 is 0 Å². The monoisotopic (exact) mass is 342 g/mol. The first kappa shape index (κ1) is 19.9. The molecule has 1 saturated heterocycles. The van der Waals surface area contributed by atoms with Crippen molar-refractivity contribution in [2.45, 2.75) is 31.0 Å². The zero-order valence-electron chi connectivity index (χ0n) is 13.2. The van der Waals surface area contributed by atoms with Gasteiger partial charge in [0.2, 0.25) is 0 Å². The summed E-state index contributed by atoms with van der Waals surface area (Å²) < 4.78 is 25.9. The van der Waals surface area contributed by atoms with E-state index in [1.807, 2.05) is 0 Å². The predicted molar refractivity (Wildman–Crippen MR) is 75.8 cm³/mol. The SMILES string of the molecule is CO[Si](CCCOOCC(O)COC1OC1CO)(OC)OC. The van der Waals surface area contributed by atoms with E-state index in [9.17, 15) is 5.11 Å². The number of rotatable bonds is 14. The van der Waals surface area contributed by atoms with E-state index < -0.39 is 21.2 Å². The normalized spacial score (nSPS) is 22.8. The van der Waals surface area contributed by atoms with Crippen molar-refractivity contribution in [1.29, 1.82) is 0 Å². The lowest BCUT2D eigenvalue weighted by Crippen LogP contribution is -2.42. The van der Waals surface area contributed by atoms with Crippen molar-refractivity contribution in [3.05, 3.63) is 0 Å². The van der Waals surface area contributed by atoms with Crippen LogP contribution < -0.4 is 0 Å². The average molecular weight is 342 g/mol.